The predicted molar refractivity (Wildman–Crippen MR) is 58.5 cm³/mol. The average molecular weight is 241 g/mol. The van der Waals surface area contributed by atoms with Gasteiger partial charge in [-0.2, -0.15) is 0 Å². The molecule has 0 spiro atoms. The molecular formula is C9H15N5O3. The highest BCUT2D eigenvalue weighted by Crippen LogP contribution is 1.91. The van der Waals surface area contributed by atoms with Crippen molar-refractivity contribution in [1.82, 2.24) is 25.6 Å². The van der Waals surface area contributed by atoms with Crippen molar-refractivity contribution in [2.24, 2.45) is 0 Å². The fourth-order valence-electron chi connectivity index (χ4n) is 1.08. The zero-order valence-corrected chi connectivity index (χ0v) is 9.67. The summed E-state index contributed by atoms with van der Waals surface area (Å²) in [6, 6.07) is -0.264. The quantitative estimate of drug-likeness (QED) is 0.571. The van der Waals surface area contributed by atoms with Crippen molar-refractivity contribution in [3.8, 4) is 0 Å². The van der Waals surface area contributed by atoms with Crippen LogP contribution in [0.15, 0.2) is 6.20 Å². The van der Waals surface area contributed by atoms with Crippen LogP contribution in [0.5, 0.6) is 0 Å². The molecule has 0 aliphatic carbocycles. The minimum Gasteiger partial charge on any atom is -0.476 e. The van der Waals surface area contributed by atoms with Crippen molar-refractivity contribution in [2.75, 3.05) is 13.6 Å². The standard InChI is InChI=1S/C9H15N5O3/c1-6(10-2)8(15)11-3-4-14-5-7(9(16)17)12-13-14/h5-6,10H,3-4H2,1-2H3,(H,11,15)(H,16,17). The summed E-state index contributed by atoms with van der Waals surface area (Å²) in [5.74, 6) is -1.24. The highest BCUT2D eigenvalue weighted by molar-refractivity contribution is 5.84. The van der Waals surface area contributed by atoms with Crippen LogP contribution in [0, 0.1) is 0 Å². The monoisotopic (exact) mass is 241 g/mol. The van der Waals surface area contributed by atoms with Gasteiger partial charge in [0.25, 0.3) is 0 Å². The molecule has 1 atom stereocenters. The molecule has 0 fully saturated rings. The molecule has 1 aromatic heterocycles. The third kappa shape index (κ3) is 3.83. The Morgan fingerprint density at radius 3 is 2.82 bits per heavy atom. The molecule has 94 valence electrons. The summed E-state index contributed by atoms with van der Waals surface area (Å²) >= 11 is 0. The Labute approximate surface area is 98.0 Å². The lowest BCUT2D eigenvalue weighted by Gasteiger charge is -2.10. The smallest absolute Gasteiger partial charge is 0.358 e. The summed E-state index contributed by atoms with van der Waals surface area (Å²) < 4.78 is 1.37. The molecule has 0 aromatic carbocycles. The molecule has 0 aliphatic rings. The minimum absolute atomic E-state index is 0.111. The van der Waals surface area contributed by atoms with Gasteiger partial charge in [-0.15, -0.1) is 5.10 Å². The first-order valence-corrected chi connectivity index (χ1v) is 5.13. The van der Waals surface area contributed by atoms with E-state index in [0.717, 1.165) is 0 Å². The van der Waals surface area contributed by atoms with Crippen LogP contribution in [-0.2, 0) is 11.3 Å². The molecule has 1 amide bonds. The molecule has 0 radical (unpaired) electrons. The van der Waals surface area contributed by atoms with E-state index in [9.17, 15) is 9.59 Å². The Morgan fingerprint density at radius 2 is 2.29 bits per heavy atom. The predicted octanol–water partition coefficient (Wildman–Crippen LogP) is -1.30. The first kappa shape index (κ1) is 13.1. The van der Waals surface area contributed by atoms with E-state index in [1.807, 2.05) is 0 Å². The lowest BCUT2D eigenvalue weighted by molar-refractivity contribution is -0.122. The lowest BCUT2D eigenvalue weighted by atomic mass is 10.3. The number of carbonyl (C=O) groups excluding carboxylic acids is 1. The molecule has 8 heteroatoms. The van der Waals surface area contributed by atoms with Gasteiger partial charge in [-0.05, 0) is 14.0 Å². The van der Waals surface area contributed by atoms with E-state index >= 15 is 0 Å². The molecule has 1 heterocycles. The maximum absolute atomic E-state index is 11.4. The summed E-state index contributed by atoms with van der Waals surface area (Å²) in [6.07, 6.45) is 1.32. The fourth-order valence-corrected chi connectivity index (χ4v) is 1.08. The Morgan fingerprint density at radius 1 is 1.59 bits per heavy atom. The van der Waals surface area contributed by atoms with Gasteiger partial charge in [0.2, 0.25) is 5.91 Å². The SMILES string of the molecule is CNC(C)C(=O)NCCn1cc(C(=O)O)nn1. The molecule has 1 unspecified atom stereocenters. The number of hydrogen-bond donors (Lipinski definition) is 3. The Hall–Kier alpha value is -1.96. The number of likely N-dealkylation sites (N-methyl/N-ethyl adjacent to an activating group) is 1. The Balaban J connectivity index is 2.35. The van der Waals surface area contributed by atoms with Gasteiger partial charge in [0, 0.05) is 6.54 Å². The van der Waals surface area contributed by atoms with Gasteiger partial charge < -0.3 is 15.7 Å². The molecule has 8 nitrogen and oxygen atoms in total. The number of hydrogen-bond acceptors (Lipinski definition) is 5. The second-order valence-electron chi connectivity index (χ2n) is 3.47. The number of nitrogens with zero attached hydrogens (tertiary/aromatic N) is 3. The highest BCUT2D eigenvalue weighted by Gasteiger charge is 2.10. The van der Waals surface area contributed by atoms with Crippen molar-refractivity contribution in [3.05, 3.63) is 11.9 Å². The summed E-state index contributed by atoms with van der Waals surface area (Å²) in [5.41, 5.74) is -0.111. The zero-order valence-electron chi connectivity index (χ0n) is 9.67. The summed E-state index contributed by atoms with van der Waals surface area (Å²) in [5, 5.41) is 21.2. The highest BCUT2D eigenvalue weighted by atomic mass is 16.4. The molecule has 1 rings (SSSR count). The van der Waals surface area contributed by atoms with Crippen LogP contribution in [0.2, 0.25) is 0 Å². The van der Waals surface area contributed by atoms with E-state index in [2.05, 4.69) is 20.9 Å². The van der Waals surface area contributed by atoms with Gasteiger partial charge >= 0.3 is 5.97 Å². The first-order valence-electron chi connectivity index (χ1n) is 5.13. The number of nitrogens with one attached hydrogen (secondary N) is 2. The van der Waals surface area contributed by atoms with E-state index < -0.39 is 5.97 Å². The van der Waals surface area contributed by atoms with E-state index in [-0.39, 0.29) is 17.6 Å². The van der Waals surface area contributed by atoms with Crippen LogP contribution in [0.25, 0.3) is 0 Å². The van der Waals surface area contributed by atoms with Crippen LogP contribution in [0.4, 0.5) is 0 Å². The molecule has 0 bridgehead atoms. The van der Waals surface area contributed by atoms with Gasteiger partial charge in [0.15, 0.2) is 5.69 Å². The van der Waals surface area contributed by atoms with Gasteiger partial charge in [0.1, 0.15) is 0 Å². The van der Waals surface area contributed by atoms with E-state index in [1.165, 1.54) is 10.9 Å². The molecule has 0 saturated carbocycles. The van der Waals surface area contributed by atoms with Crippen LogP contribution < -0.4 is 10.6 Å². The number of amides is 1. The molecule has 17 heavy (non-hydrogen) atoms. The fraction of sp³-hybridized carbons (Fsp3) is 0.556. The number of carboxylic acid groups (broad SMARTS) is 1. The molecule has 3 N–H and O–H groups in total. The molecule has 0 aliphatic heterocycles. The summed E-state index contributed by atoms with van der Waals surface area (Å²) in [4.78, 5) is 21.9. The third-order valence-corrected chi connectivity index (χ3v) is 2.22. The van der Waals surface area contributed by atoms with Gasteiger partial charge in [-0.25, -0.2) is 9.48 Å². The second-order valence-corrected chi connectivity index (χ2v) is 3.47. The van der Waals surface area contributed by atoms with Gasteiger partial charge in [0.05, 0.1) is 18.8 Å². The number of carboxylic acids is 1. The van der Waals surface area contributed by atoms with E-state index in [0.29, 0.717) is 13.1 Å². The van der Waals surface area contributed by atoms with Crippen LogP contribution >= 0.6 is 0 Å². The van der Waals surface area contributed by atoms with E-state index in [4.69, 9.17) is 5.11 Å². The minimum atomic E-state index is -1.12. The number of carbonyl (C=O) groups is 2. The number of rotatable bonds is 6. The van der Waals surface area contributed by atoms with Gasteiger partial charge in [-0.3, -0.25) is 4.79 Å². The van der Waals surface area contributed by atoms with Gasteiger partial charge in [-0.1, -0.05) is 5.21 Å². The summed E-state index contributed by atoms with van der Waals surface area (Å²) in [6.45, 7) is 2.49. The molecule has 1 aromatic rings. The van der Waals surface area contributed by atoms with Crippen LogP contribution in [0.1, 0.15) is 17.4 Å². The Kier molecular flexibility index (Phi) is 4.58. The van der Waals surface area contributed by atoms with Crippen molar-refractivity contribution in [3.63, 3.8) is 0 Å². The maximum atomic E-state index is 11.4. The van der Waals surface area contributed by atoms with Crippen LogP contribution in [-0.4, -0.2) is 51.6 Å². The normalized spacial score (nSPS) is 12.1. The first-order chi connectivity index (χ1) is 8.04. The number of aromatic nitrogens is 3. The van der Waals surface area contributed by atoms with E-state index in [1.54, 1.807) is 14.0 Å². The lowest BCUT2D eigenvalue weighted by Crippen LogP contribution is -2.41. The zero-order chi connectivity index (χ0) is 12.8. The average Bonchev–Trinajstić information content (AvgIpc) is 2.76. The molecular weight excluding hydrogens is 226 g/mol. The Bertz CT molecular complexity index is 403. The van der Waals surface area contributed by atoms with Crippen molar-refractivity contribution in [2.45, 2.75) is 19.5 Å². The molecule has 0 saturated heterocycles. The maximum Gasteiger partial charge on any atom is 0.358 e. The largest absolute Gasteiger partial charge is 0.476 e. The van der Waals surface area contributed by atoms with Crippen molar-refractivity contribution < 1.29 is 14.7 Å². The number of aromatic carboxylic acids is 1. The third-order valence-electron chi connectivity index (χ3n) is 2.22. The second kappa shape index (κ2) is 5.94. The van der Waals surface area contributed by atoms with Crippen molar-refractivity contribution in [1.29, 1.82) is 0 Å². The van der Waals surface area contributed by atoms with Crippen LogP contribution in [0.3, 0.4) is 0 Å². The summed E-state index contributed by atoms with van der Waals surface area (Å²) in [7, 11) is 1.70. The topological polar surface area (TPSA) is 109 Å². The van der Waals surface area contributed by atoms with Crippen molar-refractivity contribution >= 4 is 11.9 Å².